The summed E-state index contributed by atoms with van der Waals surface area (Å²) in [6.07, 6.45) is 0.347. The largest absolute Gasteiger partial charge is 0.490 e. The summed E-state index contributed by atoms with van der Waals surface area (Å²) in [4.78, 5) is 0. The van der Waals surface area contributed by atoms with Gasteiger partial charge >= 0.3 is 0 Å². The van der Waals surface area contributed by atoms with Crippen LogP contribution in [0, 0.1) is 6.92 Å². The molecule has 0 amide bonds. The molecule has 4 N–H and O–H groups in total. The van der Waals surface area contributed by atoms with E-state index >= 15 is 0 Å². The van der Waals surface area contributed by atoms with Gasteiger partial charge in [0.25, 0.3) is 0 Å². The van der Waals surface area contributed by atoms with Gasteiger partial charge in [-0.25, -0.2) is 0 Å². The van der Waals surface area contributed by atoms with Crippen molar-refractivity contribution in [2.45, 2.75) is 58.6 Å². The Hall–Kier alpha value is -1.10. The first-order valence-corrected chi connectivity index (χ1v) is 8.14. The smallest absolute Gasteiger partial charge is 0.137 e. The molecule has 0 bridgehead atoms. The van der Waals surface area contributed by atoms with Gasteiger partial charge in [0.05, 0.1) is 6.61 Å². The molecule has 1 aromatic carbocycles. The minimum atomic E-state index is -0.540. The molecule has 4 nitrogen and oxygen atoms in total. The molecule has 0 heterocycles. The fourth-order valence-corrected chi connectivity index (χ4v) is 2.25. The van der Waals surface area contributed by atoms with E-state index in [-0.39, 0.29) is 24.7 Å². The summed E-state index contributed by atoms with van der Waals surface area (Å²) in [6.45, 7) is 11.6. The Bertz CT molecular complexity index is 450. The van der Waals surface area contributed by atoms with E-state index in [1.54, 1.807) is 0 Å². The van der Waals surface area contributed by atoms with Crippen molar-refractivity contribution in [1.29, 1.82) is 0 Å². The summed E-state index contributed by atoms with van der Waals surface area (Å²) in [7, 11) is 0. The second-order valence-electron chi connectivity index (χ2n) is 7.02. The molecule has 0 fully saturated rings. The third-order valence-corrected chi connectivity index (χ3v) is 3.97. The molecule has 4 heteroatoms. The normalized spacial score (nSPS) is 14.7. The number of quaternary nitrogens is 1. The van der Waals surface area contributed by atoms with Crippen molar-refractivity contribution >= 4 is 0 Å². The zero-order valence-electron chi connectivity index (χ0n) is 14.6. The number of aryl methyl sites for hydroxylation is 1. The fourth-order valence-electron chi connectivity index (χ4n) is 2.25. The second-order valence-corrected chi connectivity index (χ2v) is 7.02. The molecule has 0 aliphatic rings. The molecule has 1 aromatic rings. The molecule has 0 aliphatic heterocycles. The highest BCUT2D eigenvalue weighted by molar-refractivity contribution is 5.38. The summed E-state index contributed by atoms with van der Waals surface area (Å²) in [6, 6.07) is 6.36. The van der Waals surface area contributed by atoms with Crippen LogP contribution >= 0.6 is 0 Å². The van der Waals surface area contributed by atoms with Crippen LogP contribution < -0.4 is 10.1 Å². The Labute approximate surface area is 134 Å². The number of nitrogens with two attached hydrogens (primary N) is 1. The van der Waals surface area contributed by atoms with E-state index in [2.05, 4.69) is 32.9 Å². The highest BCUT2D eigenvalue weighted by atomic mass is 16.5. The quantitative estimate of drug-likeness (QED) is 0.679. The van der Waals surface area contributed by atoms with Gasteiger partial charge in [0, 0.05) is 0 Å². The third kappa shape index (κ3) is 5.95. The van der Waals surface area contributed by atoms with E-state index in [4.69, 9.17) is 9.84 Å². The lowest BCUT2D eigenvalue weighted by molar-refractivity contribution is -0.696. The van der Waals surface area contributed by atoms with Gasteiger partial charge in [-0.2, -0.15) is 0 Å². The lowest BCUT2D eigenvalue weighted by Crippen LogP contribution is -2.92. The van der Waals surface area contributed by atoms with Crippen LogP contribution in [0.2, 0.25) is 0 Å². The highest BCUT2D eigenvalue weighted by Crippen LogP contribution is 2.27. The van der Waals surface area contributed by atoms with E-state index < -0.39 is 6.10 Å². The van der Waals surface area contributed by atoms with E-state index in [0.29, 0.717) is 6.54 Å². The van der Waals surface area contributed by atoms with Gasteiger partial charge in [-0.05, 0) is 36.0 Å². The summed E-state index contributed by atoms with van der Waals surface area (Å²) in [5.41, 5.74) is 2.49. The Balaban J connectivity index is 2.51. The number of hydrogen-bond donors (Lipinski definition) is 3. The zero-order valence-corrected chi connectivity index (χ0v) is 14.6. The van der Waals surface area contributed by atoms with Crippen molar-refractivity contribution in [2.75, 3.05) is 19.8 Å². The van der Waals surface area contributed by atoms with Gasteiger partial charge < -0.3 is 20.3 Å². The highest BCUT2D eigenvalue weighted by Gasteiger charge is 2.16. The number of benzene rings is 1. The monoisotopic (exact) mass is 310 g/mol. The van der Waals surface area contributed by atoms with Crippen LogP contribution in [-0.4, -0.2) is 42.1 Å². The van der Waals surface area contributed by atoms with E-state index in [0.717, 1.165) is 17.7 Å². The number of aliphatic hydroxyl groups is 2. The van der Waals surface area contributed by atoms with Crippen LogP contribution in [0.4, 0.5) is 0 Å². The Morgan fingerprint density at radius 3 is 2.45 bits per heavy atom. The molecule has 0 unspecified atom stereocenters. The van der Waals surface area contributed by atoms with Gasteiger partial charge in [-0.15, -0.1) is 0 Å². The topological polar surface area (TPSA) is 66.3 Å². The standard InChI is InChI=1S/C18H31NO3/c1-6-15(11-20)19-10-16(21)12-22-17-8-7-14(9-13(17)2)18(3,4)5/h7-9,15-16,19-21H,6,10-12H2,1-5H3/p+1/t15-,16-/m0/s1. The molecule has 0 aliphatic carbocycles. The van der Waals surface area contributed by atoms with E-state index in [9.17, 15) is 5.11 Å². The lowest BCUT2D eigenvalue weighted by Gasteiger charge is -2.21. The molecule has 0 spiro atoms. The molecule has 0 aromatic heterocycles. The number of ether oxygens (including phenoxy) is 1. The first kappa shape index (κ1) is 18.9. The van der Waals surface area contributed by atoms with Crippen LogP contribution in [0.15, 0.2) is 18.2 Å². The van der Waals surface area contributed by atoms with Crippen LogP contribution in [-0.2, 0) is 5.41 Å². The molecule has 1 rings (SSSR count). The maximum Gasteiger partial charge on any atom is 0.137 e. The van der Waals surface area contributed by atoms with Crippen molar-refractivity contribution in [3.63, 3.8) is 0 Å². The van der Waals surface area contributed by atoms with Crippen LogP contribution in [0.25, 0.3) is 0 Å². The van der Waals surface area contributed by atoms with E-state index in [1.807, 2.05) is 25.2 Å². The van der Waals surface area contributed by atoms with Crippen molar-refractivity contribution in [1.82, 2.24) is 0 Å². The molecule has 2 atom stereocenters. The summed E-state index contributed by atoms with van der Waals surface area (Å²) >= 11 is 0. The first-order valence-electron chi connectivity index (χ1n) is 8.14. The predicted molar refractivity (Wildman–Crippen MR) is 89.3 cm³/mol. The van der Waals surface area contributed by atoms with Crippen molar-refractivity contribution in [2.24, 2.45) is 0 Å². The minimum Gasteiger partial charge on any atom is -0.490 e. The molecule has 0 saturated carbocycles. The van der Waals surface area contributed by atoms with Crippen LogP contribution in [0.1, 0.15) is 45.2 Å². The fraction of sp³-hybridized carbons (Fsp3) is 0.667. The zero-order chi connectivity index (χ0) is 16.8. The van der Waals surface area contributed by atoms with Crippen molar-refractivity contribution < 1.29 is 20.3 Å². The van der Waals surface area contributed by atoms with Gasteiger partial charge in [0.2, 0.25) is 0 Å². The Kier molecular flexibility index (Phi) is 7.33. The summed E-state index contributed by atoms with van der Waals surface area (Å²) in [5, 5.41) is 21.1. The molecule has 0 radical (unpaired) electrons. The molecule has 126 valence electrons. The van der Waals surface area contributed by atoms with E-state index in [1.165, 1.54) is 5.56 Å². The number of hydrogen-bond acceptors (Lipinski definition) is 3. The SMILES string of the molecule is CC[C@@H](CO)[NH2+]C[C@H](O)COc1ccc(C(C)(C)C)cc1C. The van der Waals surface area contributed by atoms with Crippen molar-refractivity contribution in [3.8, 4) is 5.75 Å². The minimum absolute atomic E-state index is 0.122. The van der Waals surface area contributed by atoms with Gasteiger partial charge in [0.15, 0.2) is 0 Å². The number of aliphatic hydroxyl groups excluding tert-OH is 2. The average molecular weight is 310 g/mol. The maximum absolute atomic E-state index is 9.99. The van der Waals surface area contributed by atoms with Gasteiger partial charge in [-0.1, -0.05) is 39.8 Å². The molecular formula is C18H32NO3+. The predicted octanol–water partition coefficient (Wildman–Crippen LogP) is 1.37. The molecule has 22 heavy (non-hydrogen) atoms. The molecular weight excluding hydrogens is 278 g/mol. The van der Waals surface area contributed by atoms with Crippen LogP contribution in [0.5, 0.6) is 5.75 Å². The summed E-state index contributed by atoms with van der Waals surface area (Å²) in [5.74, 6) is 0.821. The third-order valence-electron chi connectivity index (χ3n) is 3.97. The maximum atomic E-state index is 9.99. The Morgan fingerprint density at radius 2 is 1.95 bits per heavy atom. The average Bonchev–Trinajstić information content (AvgIpc) is 2.46. The van der Waals surface area contributed by atoms with Gasteiger partial charge in [0.1, 0.15) is 31.0 Å². The second kappa shape index (κ2) is 8.51. The molecule has 0 saturated heterocycles. The van der Waals surface area contributed by atoms with Crippen molar-refractivity contribution in [3.05, 3.63) is 29.3 Å². The Morgan fingerprint density at radius 1 is 1.27 bits per heavy atom. The van der Waals surface area contributed by atoms with Crippen LogP contribution in [0.3, 0.4) is 0 Å². The number of rotatable bonds is 8. The van der Waals surface area contributed by atoms with Gasteiger partial charge in [-0.3, -0.25) is 0 Å². The lowest BCUT2D eigenvalue weighted by atomic mass is 9.86. The summed E-state index contributed by atoms with van der Waals surface area (Å²) < 4.78 is 5.73. The first-order chi connectivity index (χ1) is 10.3.